The van der Waals surface area contributed by atoms with Gasteiger partial charge in [-0.3, -0.25) is 25.0 Å². The molecular formula is C22H14ClN5O7. The molecule has 0 aliphatic heterocycles. The van der Waals surface area contributed by atoms with Crippen LogP contribution in [0.5, 0.6) is 5.75 Å². The highest BCUT2D eigenvalue weighted by Gasteiger charge is 2.21. The number of H-pyrrole nitrogens is 1. The number of non-ortho nitro benzene ring substituents is 1. The molecule has 0 spiro atoms. The lowest BCUT2D eigenvalue weighted by Crippen LogP contribution is -2.32. The number of nitrogens with zero attached hydrogens (tertiary/aromatic N) is 4. The van der Waals surface area contributed by atoms with Gasteiger partial charge in [0.2, 0.25) is 5.75 Å². The van der Waals surface area contributed by atoms with Crippen LogP contribution in [0.15, 0.2) is 75.4 Å². The number of nitrogens with one attached hydrogen (secondary N) is 1. The van der Waals surface area contributed by atoms with Crippen molar-refractivity contribution >= 4 is 40.1 Å². The maximum Gasteiger partial charge on any atom is 0.349 e. The van der Waals surface area contributed by atoms with Gasteiger partial charge in [0.15, 0.2) is 0 Å². The van der Waals surface area contributed by atoms with Crippen molar-refractivity contribution in [3.8, 4) is 5.75 Å². The highest BCUT2D eigenvalue weighted by molar-refractivity contribution is 6.32. The summed E-state index contributed by atoms with van der Waals surface area (Å²) in [6, 6.07) is 14.4. The number of fused-ring (bicyclic) bond motifs is 1. The molecule has 176 valence electrons. The van der Waals surface area contributed by atoms with Crippen molar-refractivity contribution in [1.82, 2.24) is 9.66 Å². The predicted octanol–water partition coefficient (Wildman–Crippen LogP) is 3.62. The number of benzene rings is 3. The van der Waals surface area contributed by atoms with E-state index in [0.717, 1.165) is 12.3 Å². The molecule has 0 saturated heterocycles. The minimum Gasteiger partial charge on any atom is -0.481 e. The summed E-state index contributed by atoms with van der Waals surface area (Å²) >= 11 is 6.21. The molecule has 0 aliphatic carbocycles. The molecule has 3 aromatic carbocycles. The molecule has 1 heterocycles. The molecule has 0 bridgehead atoms. The number of aromatic amines is 1. The van der Waals surface area contributed by atoms with Crippen LogP contribution in [0.3, 0.4) is 0 Å². The summed E-state index contributed by atoms with van der Waals surface area (Å²) in [5.74, 6) is -0.249. The number of hydrogen-bond donors (Lipinski definition) is 1. The summed E-state index contributed by atoms with van der Waals surface area (Å²) in [5.41, 5.74) is -1.23. The molecule has 13 heteroatoms. The predicted molar refractivity (Wildman–Crippen MR) is 127 cm³/mol. The monoisotopic (exact) mass is 495 g/mol. The summed E-state index contributed by atoms with van der Waals surface area (Å²) < 4.78 is 6.10. The zero-order valence-corrected chi connectivity index (χ0v) is 18.3. The average molecular weight is 496 g/mol. The van der Waals surface area contributed by atoms with Gasteiger partial charge in [-0.2, -0.15) is 5.10 Å². The van der Waals surface area contributed by atoms with E-state index in [4.69, 9.17) is 16.3 Å². The number of ether oxygens (including phenoxy) is 1. The first kappa shape index (κ1) is 23.3. The summed E-state index contributed by atoms with van der Waals surface area (Å²) in [6.45, 7) is -0.211. The lowest BCUT2D eigenvalue weighted by Gasteiger charge is -2.09. The summed E-state index contributed by atoms with van der Waals surface area (Å²) in [4.78, 5) is 48.6. The molecule has 1 N–H and O–H groups in total. The number of halogens is 1. The molecule has 4 rings (SSSR count). The molecule has 0 fully saturated rings. The molecule has 35 heavy (non-hydrogen) atoms. The van der Waals surface area contributed by atoms with E-state index in [0.29, 0.717) is 15.8 Å². The number of aromatic nitrogens is 2. The second kappa shape index (κ2) is 9.57. The maximum absolute atomic E-state index is 12.6. The van der Waals surface area contributed by atoms with Crippen LogP contribution in [0.2, 0.25) is 5.02 Å². The first-order chi connectivity index (χ1) is 16.7. The quantitative estimate of drug-likeness (QED) is 0.232. The lowest BCUT2D eigenvalue weighted by atomic mass is 10.2. The maximum atomic E-state index is 12.6. The normalized spacial score (nSPS) is 11.1. The van der Waals surface area contributed by atoms with Gasteiger partial charge in [-0.1, -0.05) is 35.9 Å². The molecular weight excluding hydrogens is 482 g/mol. The molecule has 4 aromatic rings. The van der Waals surface area contributed by atoms with Gasteiger partial charge in [0.1, 0.15) is 6.61 Å². The summed E-state index contributed by atoms with van der Waals surface area (Å²) in [5, 5.41) is 26.5. The van der Waals surface area contributed by atoms with Crippen molar-refractivity contribution in [2.45, 2.75) is 6.61 Å². The largest absolute Gasteiger partial charge is 0.481 e. The third-order valence-corrected chi connectivity index (χ3v) is 5.13. The van der Waals surface area contributed by atoms with Gasteiger partial charge in [0.05, 0.1) is 32.0 Å². The first-order valence-electron chi connectivity index (χ1n) is 9.87. The molecule has 12 nitrogen and oxygen atoms in total. The van der Waals surface area contributed by atoms with E-state index in [1.165, 1.54) is 30.3 Å². The third kappa shape index (κ3) is 4.91. The first-order valence-corrected chi connectivity index (χ1v) is 10.2. The van der Waals surface area contributed by atoms with Crippen molar-refractivity contribution in [1.29, 1.82) is 0 Å². The van der Waals surface area contributed by atoms with Crippen molar-refractivity contribution in [2.24, 2.45) is 5.10 Å². The van der Waals surface area contributed by atoms with Gasteiger partial charge in [-0.05, 0) is 23.8 Å². The van der Waals surface area contributed by atoms with Gasteiger partial charge < -0.3 is 9.72 Å². The summed E-state index contributed by atoms with van der Waals surface area (Å²) in [7, 11) is 0. The SMILES string of the molecule is O=c1[nH]c2ccccc2c(=O)n1N=Cc1cc(Cl)c(OCc2cccc([N+](=O)[O-])c2)c([N+](=O)[O-])c1. The molecule has 0 radical (unpaired) electrons. The fourth-order valence-electron chi connectivity index (χ4n) is 3.25. The van der Waals surface area contributed by atoms with Gasteiger partial charge in [-0.15, -0.1) is 4.68 Å². The van der Waals surface area contributed by atoms with Crippen LogP contribution in [-0.4, -0.2) is 25.7 Å². The number of para-hydroxylation sites is 1. The van der Waals surface area contributed by atoms with E-state index in [9.17, 15) is 29.8 Å². The minimum absolute atomic E-state index is 0.129. The van der Waals surface area contributed by atoms with Crippen LogP contribution in [0.1, 0.15) is 11.1 Å². The smallest absolute Gasteiger partial charge is 0.349 e. The zero-order valence-electron chi connectivity index (χ0n) is 17.6. The van der Waals surface area contributed by atoms with E-state index >= 15 is 0 Å². The molecule has 0 amide bonds. The van der Waals surface area contributed by atoms with E-state index in [1.54, 1.807) is 24.3 Å². The highest BCUT2D eigenvalue weighted by atomic mass is 35.5. The van der Waals surface area contributed by atoms with E-state index in [2.05, 4.69) is 10.1 Å². The Morgan fingerprint density at radius 3 is 2.54 bits per heavy atom. The van der Waals surface area contributed by atoms with Crippen LogP contribution in [-0.2, 0) is 6.61 Å². The Balaban J connectivity index is 1.66. The Kier molecular flexibility index (Phi) is 6.38. The number of nitro benzene ring substituents is 2. The standard InChI is InChI=1S/C22H14ClN5O7/c23-17-9-14(11-24-26-21(29)16-6-1-2-7-18(16)25-22(26)30)10-19(28(33)34)20(17)35-12-13-4-3-5-15(8-13)27(31)32/h1-11H,12H2,(H,25,30). The van der Waals surface area contributed by atoms with Gasteiger partial charge in [0.25, 0.3) is 11.2 Å². The van der Waals surface area contributed by atoms with E-state index < -0.39 is 26.8 Å². The Bertz CT molecular complexity index is 1630. The molecule has 0 unspecified atom stereocenters. The Labute approximate surface area is 200 Å². The third-order valence-electron chi connectivity index (χ3n) is 4.85. The fourth-order valence-corrected chi connectivity index (χ4v) is 3.53. The van der Waals surface area contributed by atoms with Crippen LogP contribution in [0.25, 0.3) is 10.9 Å². The van der Waals surface area contributed by atoms with Crippen LogP contribution >= 0.6 is 11.6 Å². The second-order valence-electron chi connectivity index (χ2n) is 7.16. The summed E-state index contributed by atoms with van der Waals surface area (Å²) in [6.07, 6.45) is 1.08. The van der Waals surface area contributed by atoms with Crippen LogP contribution < -0.4 is 16.0 Å². The fraction of sp³-hybridized carbons (Fsp3) is 0.0455. The van der Waals surface area contributed by atoms with Crippen molar-refractivity contribution in [3.05, 3.63) is 118 Å². The number of rotatable bonds is 7. The molecule has 1 aromatic heterocycles. The van der Waals surface area contributed by atoms with Crippen LogP contribution in [0.4, 0.5) is 11.4 Å². The minimum atomic E-state index is -0.789. The van der Waals surface area contributed by atoms with Crippen molar-refractivity contribution < 1.29 is 14.6 Å². The van der Waals surface area contributed by atoms with Gasteiger partial charge in [0, 0.05) is 23.8 Å². The Morgan fingerprint density at radius 1 is 1.03 bits per heavy atom. The van der Waals surface area contributed by atoms with Gasteiger partial charge in [-0.25, -0.2) is 4.79 Å². The Morgan fingerprint density at radius 2 is 1.80 bits per heavy atom. The second-order valence-corrected chi connectivity index (χ2v) is 7.57. The van der Waals surface area contributed by atoms with E-state index in [-0.39, 0.29) is 34.0 Å². The van der Waals surface area contributed by atoms with Gasteiger partial charge >= 0.3 is 11.4 Å². The zero-order chi connectivity index (χ0) is 25.1. The van der Waals surface area contributed by atoms with E-state index in [1.807, 2.05) is 0 Å². The number of nitro groups is 2. The Hall–Kier alpha value is -4.84. The molecule has 0 aliphatic rings. The van der Waals surface area contributed by atoms with Crippen LogP contribution in [0, 0.1) is 20.2 Å². The molecule has 0 saturated carbocycles. The molecule has 0 atom stereocenters. The average Bonchev–Trinajstić information content (AvgIpc) is 2.83. The number of hydrogen-bond acceptors (Lipinski definition) is 8. The highest BCUT2D eigenvalue weighted by Crippen LogP contribution is 2.36. The topological polar surface area (TPSA) is 163 Å². The van der Waals surface area contributed by atoms with Crippen molar-refractivity contribution in [2.75, 3.05) is 0 Å². The van der Waals surface area contributed by atoms with Crippen molar-refractivity contribution in [3.63, 3.8) is 0 Å². The lowest BCUT2D eigenvalue weighted by molar-refractivity contribution is -0.385.